The predicted octanol–water partition coefficient (Wildman–Crippen LogP) is 3.51. The van der Waals surface area contributed by atoms with Crippen LogP contribution in [0, 0.1) is 0 Å². The van der Waals surface area contributed by atoms with E-state index in [4.69, 9.17) is 17.1 Å². The Labute approximate surface area is 114 Å². The van der Waals surface area contributed by atoms with Crippen LogP contribution in [0.5, 0.6) is 0 Å². The number of nitrogens with one attached hydrogen (secondary N) is 1. The van der Waals surface area contributed by atoms with Crippen molar-refractivity contribution in [2.24, 2.45) is 5.11 Å². The predicted molar refractivity (Wildman–Crippen MR) is 74.2 cm³/mol. The highest BCUT2D eigenvalue weighted by molar-refractivity contribution is 6.30. The van der Waals surface area contributed by atoms with Crippen LogP contribution in [0.25, 0.3) is 21.2 Å². The van der Waals surface area contributed by atoms with Gasteiger partial charge in [0.2, 0.25) is 0 Å². The maximum Gasteiger partial charge on any atom is 0.257 e. The zero-order chi connectivity index (χ0) is 14.0. The van der Waals surface area contributed by atoms with Crippen molar-refractivity contribution in [1.82, 2.24) is 9.97 Å². The molecule has 0 amide bonds. The maximum atomic E-state index is 11.8. The van der Waals surface area contributed by atoms with Crippen molar-refractivity contribution in [2.45, 2.75) is 25.8 Å². The summed E-state index contributed by atoms with van der Waals surface area (Å²) in [5, 5.41) is 5.22. The second kappa shape index (κ2) is 4.91. The Morgan fingerprint density at radius 2 is 2.32 bits per heavy atom. The first-order valence-corrected chi connectivity index (χ1v) is 6.13. The minimum absolute atomic E-state index is 0.248. The molecule has 2 heterocycles. The van der Waals surface area contributed by atoms with Crippen LogP contribution in [0.4, 0.5) is 0 Å². The highest BCUT2D eigenvalue weighted by Gasteiger charge is 2.26. The summed E-state index contributed by atoms with van der Waals surface area (Å²) in [4.78, 5) is 21.2. The monoisotopic (exact) mass is 277 g/mol. The molecule has 0 aliphatic heterocycles. The van der Waals surface area contributed by atoms with Gasteiger partial charge in [0.25, 0.3) is 5.56 Å². The summed E-state index contributed by atoms with van der Waals surface area (Å²) in [5.74, 6) is 0. The second-order valence-electron chi connectivity index (χ2n) is 4.40. The number of halogens is 1. The summed E-state index contributed by atoms with van der Waals surface area (Å²) in [7, 11) is 0. The normalized spacial score (nSPS) is 13.8. The third kappa shape index (κ3) is 2.28. The molecule has 2 aromatic heterocycles. The van der Waals surface area contributed by atoms with Gasteiger partial charge in [0.05, 0.1) is 10.9 Å². The quantitative estimate of drug-likeness (QED) is 0.402. The number of pyridine rings is 2. The Hall–Kier alpha value is -2.04. The Morgan fingerprint density at radius 1 is 1.58 bits per heavy atom. The molecule has 0 bridgehead atoms. The van der Waals surface area contributed by atoms with Gasteiger partial charge in [0.15, 0.2) is 0 Å². The van der Waals surface area contributed by atoms with Crippen LogP contribution >= 0.6 is 11.6 Å². The number of aromatic nitrogens is 2. The van der Waals surface area contributed by atoms with Gasteiger partial charge in [0.1, 0.15) is 5.15 Å². The maximum absolute atomic E-state index is 11.8. The molecule has 0 saturated carbocycles. The fraction of sp³-hybridized carbons (Fsp3) is 0.333. The van der Waals surface area contributed by atoms with Crippen molar-refractivity contribution in [3.63, 3.8) is 0 Å². The summed E-state index contributed by atoms with van der Waals surface area (Å²) in [6, 6.07) is 1.61. The molecule has 0 spiro atoms. The SMILES string of the molecule is CCC(C)(N=[N+]=[N-])c1c[nH]c(=O)c2cnc(Cl)cc12. The second-order valence-corrected chi connectivity index (χ2v) is 4.79. The molecule has 0 aromatic carbocycles. The van der Waals surface area contributed by atoms with Crippen LogP contribution in [-0.4, -0.2) is 9.97 Å². The molecule has 0 fully saturated rings. The van der Waals surface area contributed by atoms with Gasteiger partial charge >= 0.3 is 0 Å². The molecular formula is C12H12ClN5O. The van der Waals surface area contributed by atoms with Crippen LogP contribution in [-0.2, 0) is 5.54 Å². The van der Waals surface area contributed by atoms with Crippen LogP contribution in [0.3, 0.4) is 0 Å². The number of hydrogen-bond donors (Lipinski definition) is 1. The Kier molecular flexibility index (Phi) is 3.46. The average Bonchev–Trinajstić information content (AvgIpc) is 2.39. The van der Waals surface area contributed by atoms with Crippen LogP contribution in [0.15, 0.2) is 28.4 Å². The summed E-state index contributed by atoms with van der Waals surface area (Å²) in [6.45, 7) is 3.72. The zero-order valence-electron chi connectivity index (χ0n) is 10.5. The lowest BCUT2D eigenvalue weighted by atomic mass is 9.88. The van der Waals surface area contributed by atoms with Gasteiger partial charge in [0, 0.05) is 17.3 Å². The first kappa shape index (κ1) is 13.4. The first-order valence-electron chi connectivity index (χ1n) is 5.75. The zero-order valence-corrected chi connectivity index (χ0v) is 11.3. The van der Waals surface area contributed by atoms with E-state index in [1.54, 1.807) is 12.3 Å². The summed E-state index contributed by atoms with van der Waals surface area (Å²) in [5.41, 5.74) is 8.46. The number of rotatable bonds is 3. The van der Waals surface area contributed by atoms with Crippen LogP contribution in [0.1, 0.15) is 25.8 Å². The van der Waals surface area contributed by atoms with E-state index in [0.29, 0.717) is 22.3 Å². The summed E-state index contributed by atoms with van der Waals surface area (Å²) < 4.78 is 0. The number of hydrogen-bond acceptors (Lipinski definition) is 3. The van der Waals surface area contributed by atoms with Gasteiger partial charge in [-0.05, 0) is 35.9 Å². The molecule has 98 valence electrons. The van der Waals surface area contributed by atoms with Gasteiger partial charge < -0.3 is 4.98 Å². The highest BCUT2D eigenvalue weighted by Crippen LogP contribution is 2.33. The fourth-order valence-corrected chi connectivity index (χ4v) is 2.14. The molecule has 0 aliphatic carbocycles. The number of azide groups is 1. The minimum atomic E-state index is -0.748. The molecule has 1 unspecified atom stereocenters. The molecule has 2 aromatic rings. The van der Waals surface area contributed by atoms with E-state index in [-0.39, 0.29) is 5.56 Å². The molecule has 1 N–H and O–H groups in total. The van der Waals surface area contributed by atoms with E-state index in [2.05, 4.69) is 20.0 Å². The number of fused-ring (bicyclic) bond motifs is 1. The van der Waals surface area contributed by atoms with E-state index in [9.17, 15) is 4.79 Å². The molecule has 1 atom stereocenters. The van der Waals surface area contributed by atoms with Gasteiger partial charge in [-0.3, -0.25) is 4.79 Å². The van der Waals surface area contributed by atoms with E-state index in [1.165, 1.54) is 6.20 Å². The van der Waals surface area contributed by atoms with Crippen LogP contribution < -0.4 is 5.56 Å². The van der Waals surface area contributed by atoms with Gasteiger partial charge in [-0.2, -0.15) is 0 Å². The summed E-state index contributed by atoms with van der Waals surface area (Å²) in [6.07, 6.45) is 3.59. The molecule has 7 heteroatoms. The van der Waals surface area contributed by atoms with Crippen LogP contribution in [0.2, 0.25) is 5.15 Å². The smallest absolute Gasteiger partial charge is 0.257 e. The third-order valence-electron chi connectivity index (χ3n) is 3.29. The van der Waals surface area contributed by atoms with Crippen molar-refractivity contribution >= 4 is 22.4 Å². The molecule has 6 nitrogen and oxygen atoms in total. The molecule has 19 heavy (non-hydrogen) atoms. The molecule has 0 aliphatic rings. The van der Waals surface area contributed by atoms with E-state index < -0.39 is 5.54 Å². The lowest BCUT2D eigenvalue weighted by Gasteiger charge is -2.23. The van der Waals surface area contributed by atoms with Gasteiger partial charge in [-0.25, -0.2) is 4.98 Å². The molecule has 0 saturated heterocycles. The number of H-pyrrole nitrogens is 1. The van der Waals surface area contributed by atoms with Crippen molar-refractivity contribution in [3.8, 4) is 0 Å². The topological polar surface area (TPSA) is 94.5 Å². The minimum Gasteiger partial charge on any atom is -0.328 e. The first-order chi connectivity index (χ1) is 9.01. The van der Waals surface area contributed by atoms with E-state index >= 15 is 0 Å². The van der Waals surface area contributed by atoms with Crippen molar-refractivity contribution in [3.05, 3.63) is 50.0 Å². The third-order valence-corrected chi connectivity index (χ3v) is 3.49. The standard InChI is InChI=1S/C12H12ClN5O/c1-3-12(2,17-18-14)9-6-16-11(19)8-5-15-10(13)4-7(8)9/h4-6H,3H2,1-2H3,(H,16,19). The summed E-state index contributed by atoms with van der Waals surface area (Å²) >= 11 is 5.89. The Balaban J connectivity index is 2.88. The highest BCUT2D eigenvalue weighted by atomic mass is 35.5. The van der Waals surface area contributed by atoms with Gasteiger partial charge in [-0.1, -0.05) is 23.6 Å². The van der Waals surface area contributed by atoms with Crippen molar-refractivity contribution in [2.75, 3.05) is 0 Å². The molecular weight excluding hydrogens is 266 g/mol. The van der Waals surface area contributed by atoms with Gasteiger partial charge in [-0.15, -0.1) is 0 Å². The number of aromatic amines is 1. The number of nitrogens with zero attached hydrogens (tertiary/aromatic N) is 4. The van der Waals surface area contributed by atoms with E-state index in [0.717, 1.165) is 5.56 Å². The average molecular weight is 278 g/mol. The Morgan fingerprint density at radius 3 is 2.95 bits per heavy atom. The molecule has 0 radical (unpaired) electrons. The lowest BCUT2D eigenvalue weighted by Crippen LogP contribution is -2.20. The Bertz CT molecular complexity index is 734. The van der Waals surface area contributed by atoms with Crippen molar-refractivity contribution in [1.29, 1.82) is 0 Å². The van der Waals surface area contributed by atoms with E-state index in [1.807, 2.05) is 13.8 Å². The lowest BCUT2D eigenvalue weighted by molar-refractivity contribution is 0.476. The molecule has 2 rings (SSSR count). The largest absolute Gasteiger partial charge is 0.328 e. The van der Waals surface area contributed by atoms with Crippen molar-refractivity contribution < 1.29 is 0 Å². The fourth-order valence-electron chi connectivity index (χ4n) is 1.99.